The zero-order valence-electron chi connectivity index (χ0n) is 11.0. The molecule has 0 heterocycles. The molecule has 1 fully saturated rings. The SMILES string of the molecule is CNC(c1c(Cl)cccc1Cl)C1CCC(C)CC1. The Bertz CT molecular complexity index is 377. The summed E-state index contributed by atoms with van der Waals surface area (Å²) in [6.45, 7) is 2.34. The van der Waals surface area contributed by atoms with Gasteiger partial charge in [0.05, 0.1) is 0 Å². The van der Waals surface area contributed by atoms with E-state index < -0.39 is 0 Å². The maximum atomic E-state index is 6.33. The van der Waals surface area contributed by atoms with Crippen molar-refractivity contribution in [1.82, 2.24) is 5.32 Å². The van der Waals surface area contributed by atoms with Gasteiger partial charge in [0.2, 0.25) is 0 Å². The zero-order valence-corrected chi connectivity index (χ0v) is 12.6. The Kier molecular flexibility index (Phi) is 4.94. The third-order valence-electron chi connectivity index (χ3n) is 4.15. The summed E-state index contributed by atoms with van der Waals surface area (Å²) in [4.78, 5) is 0. The standard InChI is InChI=1S/C15H21Cl2N/c1-10-6-8-11(9-7-10)15(18-2)14-12(16)4-3-5-13(14)17/h3-5,10-11,15,18H,6-9H2,1-2H3. The molecule has 0 aliphatic heterocycles. The van der Waals surface area contributed by atoms with Gasteiger partial charge in [0.25, 0.3) is 0 Å². The van der Waals surface area contributed by atoms with Crippen LogP contribution >= 0.6 is 23.2 Å². The van der Waals surface area contributed by atoms with Crippen LogP contribution in [0.1, 0.15) is 44.2 Å². The van der Waals surface area contributed by atoms with Crippen molar-refractivity contribution in [2.75, 3.05) is 7.05 Å². The largest absolute Gasteiger partial charge is 0.313 e. The summed E-state index contributed by atoms with van der Waals surface area (Å²) in [5, 5.41) is 4.97. The van der Waals surface area contributed by atoms with Crippen LogP contribution in [-0.4, -0.2) is 7.05 Å². The zero-order chi connectivity index (χ0) is 13.1. The molecule has 1 saturated carbocycles. The smallest absolute Gasteiger partial charge is 0.0468 e. The van der Waals surface area contributed by atoms with Crippen LogP contribution in [-0.2, 0) is 0 Å². The summed E-state index contributed by atoms with van der Waals surface area (Å²) in [5.41, 5.74) is 1.07. The molecule has 0 spiro atoms. The van der Waals surface area contributed by atoms with Gasteiger partial charge in [-0.25, -0.2) is 0 Å². The first-order valence-corrected chi connectivity index (χ1v) is 7.50. The van der Waals surface area contributed by atoms with E-state index in [2.05, 4.69) is 12.2 Å². The average Bonchev–Trinajstić information content (AvgIpc) is 2.35. The van der Waals surface area contributed by atoms with Crippen LogP contribution in [0.4, 0.5) is 0 Å². The van der Waals surface area contributed by atoms with Crippen LogP contribution in [0, 0.1) is 11.8 Å². The van der Waals surface area contributed by atoms with Gasteiger partial charge >= 0.3 is 0 Å². The minimum Gasteiger partial charge on any atom is -0.313 e. The Hall–Kier alpha value is -0.240. The van der Waals surface area contributed by atoms with E-state index in [4.69, 9.17) is 23.2 Å². The first-order chi connectivity index (χ1) is 8.63. The quantitative estimate of drug-likeness (QED) is 0.817. The van der Waals surface area contributed by atoms with Gasteiger partial charge in [0, 0.05) is 21.7 Å². The van der Waals surface area contributed by atoms with E-state index in [0.29, 0.717) is 5.92 Å². The fourth-order valence-electron chi connectivity index (χ4n) is 3.04. The van der Waals surface area contributed by atoms with Crippen LogP contribution in [0.3, 0.4) is 0 Å². The van der Waals surface area contributed by atoms with Crippen molar-refractivity contribution in [3.8, 4) is 0 Å². The molecule has 18 heavy (non-hydrogen) atoms. The summed E-state index contributed by atoms with van der Waals surface area (Å²) in [6.07, 6.45) is 5.14. The van der Waals surface area contributed by atoms with Gasteiger partial charge in [-0.15, -0.1) is 0 Å². The van der Waals surface area contributed by atoms with Crippen molar-refractivity contribution in [2.45, 2.75) is 38.6 Å². The third-order valence-corrected chi connectivity index (χ3v) is 4.81. The minimum atomic E-state index is 0.277. The summed E-state index contributed by atoms with van der Waals surface area (Å²) in [7, 11) is 2.00. The first kappa shape index (κ1) is 14.2. The molecule has 2 rings (SSSR count). The van der Waals surface area contributed by atoms with Crippen molar-refractivity contribution in [1.29, 1.82) is 0 Å². The maximum Gasteiger partial charge on any atom is 0.0468 e. The Labute approximate surface area is 120 Å². The van der Waals surface area contributed by atoms with Gasteiger partial charge in [0.1, 0.15) is 0 Å². The van der Waals surface area contributed by atoms with Gasteiger partial charge in [-0.05, 0) is 43.9 Å². The molecule has 0 aromatic heterocycles. The van der Waals surface area contributed by atoms with Crippen LogP contribution < -0.4 is 5.32 Å². The number of rotatable bonds is 3. The lowest BCUT2D eigenvalue weighted by molar-refractivity contribution is 0.238. The molecule has 1 N–H and O–H groups in total. The van der Waals surface area contributed by atoms with Crippen molar-refractivity contribution in [3.63, 3.8) is 0 Å². The molecular formula is C15H21Cl2N. The Balaban J connectivity index is 2.23. The molecule has 1 nitrogen and oxygen atoms in total. The summed E-state index contributed by atoms with van der Waals surface area (Å²) in [6, 6.07) is 6.04. The summed E-state index contributed by atoms with van der Waals surface area (Å²) >= 11 is 12.7. The van der Waals surface area contributed by atoms with Gasteiger partial charge < -0.3 is 5.32 Å². The summed E-state index contributed by atoms with van der Waals surface area (Å²) < 4.78 is 0. The molecule has 1 aromatic carbocycles. The predicted octanol–water partition coefficient (Wildman–Crippen LogP) is 5.08. The lowest BCUT2D eigenvalue weighted by Gasteiger charge is -2.33. The molecular weight excluding hydrogens is 265 g/mol. The van der Waals surface area contributed by atoms with Crippen molar-refractivity contribution in [2.24, 2.45) is 11.8 Å². The Morgan fingerprint density at radius 1 is 1.11 bits per heavy atom. The van der Waals surface area contributed by atoms with Crippen LogP contribution in [0.2, 0.25) is 10.0 Å². The van der Waals surface area contributed by atoms with Crippen molar-refractivity contribution < 1.29 is 0 Å². The molecule has 0 bridgehead atoms. The predicted molar refractivity (Wildman–Crippen MR) is 79.4 cm³/mol. The second-order valence-corrected chi connectivity index (χ2v) is 6.24. The molecule has 0 radical (unpaired) electrons. The molecule has 1 aliphatic rings. The van der Waals surface area contributed by atoms with E-state index in [1.807, 2.05) is 25.2 Å². The van der Waals surface area contributed by atoms with Gasteiger partial charge in [0.15, 0.2) is 0 Å². The molecule has 0 saturated heterocycles. The van der Waals surface area contributed by atoms with Crippen LogP contribution in [0.5, 0.6) is 0 Å². The fourth-order valence-corrected chi connectivity index (χ4v) is 3.68. The second-order valence-electron chi connectivity index (χ2n) is 5.42. The number of nitrogens with one attached hydrogen (secondary N) is 1. The third kappa shape index (κ3) is 3.01. The number of halogens is 2. The lowest BCUT2D eigenvalue weighted by atomic mass is 9.77. The summed E-state index contributed by atoms with van der Waals surface area (Å²) in [5.74, 6) is 1.50. The van der Waals surface area contributed by atoms with Crippen LogP contribution in [0.25, 0.3) is 0 Å². The Morgan fingerprint density at radius 2 is 1.67 bits per heavy atom. The lowest BCUT2D eigenvalue weighted by Crippen LogP contribution is -2.28. The van der Waals surface area contributed by atoms with E-state index in [1.165, 1.54) is 25.7 Å². The second kappa shape index (κ2) is 6.27. The first-order valence-electron chi connectivity index (χ1n) is 6.74. The van der Waals surface area contributed by atoms with Gasteiger partial charge in [-0.1, -0.05) is 49.0 Å². The molecule has 1 unspecified atom stereocenters. The molecule has 0 amide bonds. The van der Waals surface area contributed by atoms with E-state index in [1.54, 1.807) is 0 Å². The number of hydrogen-bond acceptors (Lipinski definition) is 1. The highest BCUT2D eigenvalue weighted by molar-refractivity contribution is 6.36. The van der Waals surface area contributed by atoms with E-state index in [0.717, 1.165) is 21.5 Å². The normalized spacial score (nSPS) is 26.0. The Morgan fingerprint density at radius 3 is 2.17 bits per heavy atom. The van der Waals surface area contributed by atoms with Crippen LogP contribution in [0.15, 0.2) is 18.2 Å². The topological polar surface area (TPSA) is 12.0 Å². The molecule has 1 aromatic rings. The van der Waals surface area contributed by atoms with Gasteiger partial charge in [-0.3, -0.25) is 0 Å². The van der Waals surface area contributed by atoms with Gasteiger partial charge in [-0.2, -0.15) is 0 Å². The molecule has 100 valence electrons. The molecule has 1 aliphatic carbocycles. The van der Waals surface area contributed by atoms with E-state index >= 15 is 0 Å². The van der Waals surface area contributed by atoms with E-state index in [-0.39, 0.29) is 6.04 Å². The highest BCUT2D eigenvalue weighted by Crippen LogP contribution is 2.41. The van der Waals surface area contributed by atoms with Crippen molar-refractivity contribution >= 4 is 23.2 Å². The average molecular weight is 286 g/mol. The molecule has 3 heteroatoms. The highest BCUT2D eigenvalue weighted by Gasteiger charge is 2.28. The number of hydrogen-bond donors (Lipinski definition) is 1. The van der Waals surface area contributed by atoms with Crippen molar-refractivity contribution in [3.05, 3.63) is 33.8 Å². The highest BCUT2D eigenvalue weighted by atomic mass is 35.5. The maximum absolute atomic E-state index is 6.33. The molecule has 1 atom stereocenters. The minimum absolute atomic E-state index is 0.277. The number of benzene rings is 1. The van der Waals surface area contributed by atoms with E-state index in [9.17, 15) is 0 Å². The fraction of sp³-hybridized carbons (Fsp3) is 0.600. The monoisotopic (exact) mass is 285 g/mol.